The minimum absolute atomic E-state index is 0.0257. The highest BCUT2D eigenvalue weighted by Gasteiger charge is 2.13. The topological polar surface area (TPSA) is 75.2 Å². The molecule has 0 aliphatic heterocycles. The Morgan fingerprint density at radius 1 is 1.35 bits per heavy atom. The number of anilines is 2. The van der Waals surface area contributed by atoms with E-state index in [9.17, 15) is 0 Å². The predicted octanol–water partition coefficient (Wildman–Crippen LogP) is 2.83. The molecule has 0 bridgehead atoms. The zero-order valence-electron chi connectivity index (χ0n) is 12.8. The van der Waals surface area contributed by atoms with Gasteiger partial charge in [0.2, 0.25) is 5.88 Å². The van der Waals surface area contributed by atoms with Gasteiger partial charge in [0, 0.05) is 13.1 Å². The largest absolute Gasteiger partial charge is 0.473 e. The lowest BCUT2D eigenvalue weighted by atomic mass is 10.2. The summed E-state index contributed by atoms with van der Waals surface area (Å²) in [4.78, 5) is 6.59. The van der Waals surface area contributed by atoms with E-state index in [-0.39, 0.29) is 6.10 Å². The van der Waals surface area contributed by atoms with Crippen LogP contribution >= 0.6 is 0 Å². The molecule has 1 heterocycles. The Morgan fingerprint density at radius 3 is 2.60 bits per heavy atom. The number of hydrogen-bond acceptors (Lipinski definition) is 5. The van der Waals surface area contributed by atoms with Crippen molar-refractivity contribution in [2.75, 3.05) is 23.7 Å². The van der Waals surface area contributed by atoms with E-state index in [0.717, 1.165) is 12.4 Å². The van der Waals surface area contributed by atoms with E-state index in [1.807, 2.05) is 19.9 Å². The lowest BCUT2D eigenvalue weighted by Gasteiger charge is -2.25. The summed E-state index contributed by atoms with van der Waals surface area (Å²) in [5.74, 6) is 1.75. The van der Waals surface area contributed by atoms with E-state index >= 15 is 0 Å². The summed E-state index contributed by atoms with van der Waals surface area (Å²) < 4.78 is 5.62. The Balaban J connectivity index is 2.97. The van der Waals surface area contributed by atoms with E-state index in [2.05, 4.69) is 29.8 Å². The maximum atomic E-state index is 8.77. The molecule has 2 N–H and O–H groups in total. The molecule has 110 valence electrons. The SMILES string of the molecule is CC(C)CN(CCC#N)c1ccc(N)c(OC(C)C)n1. The van der Waals surface area contributed by atoms with Crippen LogP contribution in [0, 0.1) is 17.2 Å². The molecule has 0 fully saturated rings. The van der Waals surface area contributed by atoms with Crippen molar-refractivity contribution in [3.63, 3.8) is 0 Å². The van der Waals surface area contributed by atoms with Crippen molar-refractivity contribution in [1.82, 2.24) is 4.98 Å². The molecule has 1 rings (SSSR count). The van der Waals surface area contributed by atoms with Crippen molar-refractivity contribution >= 4 is 11.5 Å². The highest BCUT2D eigenvalue weighted by atomic mass is 16.5. The van der Waals surface area contributed by atoms with E-state index in [0.29, 0.717) is 30.5 Å². The van der Waals surface area contributed by atoms with E-state index in [4.69, 9.17) is 15.7 Å². The third kappa shape index (κ3) is 4.96. The van der Waals surface area contributed by atoms with Gasteiger partial charge in [0.15, 0.2) is 0 Å². The maximum absolute atomic E-state index is 8.77. The van der Waals surface area contributed by atoms with Crippen molar-refractivity contribution in [3.05, 3.63) is 12.1 Å². The minimum atomic E-state index is 0.0257. The lowest BCUT2D eigenvalue weighted by Crippen LogP contribution is -2.29. The van der Waals surface area contributed by atoms with Crippen molar-refractivity contribution in [2.45, 2.75) is 40.2 Å². The highest BCUT2D eigenvalue weighted by molar-refractivity contribution is 5.54. The molecule has 1 aromatic heterocycles. The average Bonchev–Trinajstić information content (AvgIpc) is 2.36. The van der Waals surface area contributed by atoms with Crippen molar-refractivity contribution in [1.29, 1.82) is 5.26 Å². The first kappa shape index (κ1) is 16.1. The van der Waals surface area contributed by atoms with Gasteiger partial charge in [0.25, 0.3) is 0 Å². The second-order valence-electron chi connectivity index (χ2n) is 5.48. The molecule has 5 heteroatoms. The summed E-state index contributed by atoms with van der Waals surface area (Å²) in [6.45, 7) is 9.67. The van der Waals surface area contributed by atoms with E-state index in [1.165, 1.54) is 0 Å². The number of hydrogen-bond donors (Lipinski definition) is 1. The number of nitriles is 1. The zero-order chi connectivity index (χ0) is 15.1. The number of aromatic nitrogens is 1. The van der Waals surface area contributed by atoms with Gasteiger partial charge in [-0.25, -0.2) is 0 Å². The van der Waals surface area contributed by atoms with Crippen LogP contribution in [0.15, 0.2) is 12.1 Å². The Kier molecular flexibility index (Phi) is 6.10. The first-order valence-electron chi connectivity index (χ1n) is 6.99. The number of nitrogens with zero attached hydrogens (tertiary/aromatic N) is 3. The Hall–Kier alpha value is -1.96. The summed E-state index contributed by atoms with van der Waals surface area (Å²) in [5.41, 5.74) is 6.42. The van der Waals surface area contributed by atoms with E-state index in [1.54, 1.807) is 6.07 Å². The van der Waals surface area contributed by atoms with Crippen LogP contribution in [0.1, 0.15) is 34.1 Å². The second kappa shape index (κ2) is 7.59. The Morgan fingerprint density at radius 2 is 2.05 bits per heavy atom. The Bertz CT molecular complexity index is 465. The van der Waals surface area contributed by atoms with E-state index < -0.39 is 0 Å². The van der Waals surface area contributed by atoms with Crippen LogP contribution in [0.2, 0.25) is 0 Å². The summed E-state index contributed by atoms with van der Waals surface area (Å²) in [7, 11) is 0. The quantitative estimate of drug-likeness (QED) is 0.828. The Labute approximate surface area is 121 Å². The van der Waals surface area contributed by atoms with Gasteiger partial charge in [0.1, 0.15) is 5.82 Å². The maximum Gasteiger partial charge on any atom is 0.239 e. The molecule has 0 saturated carbocycles. The number of nitrogen functional groups attached to an aromatic ring is 1. The second-order valence-corrected chi connectivity index (χ2v) is 5.48. The van der Waals surface area contributed by atoms with Gasteiger partial charge in [-0.15, -0.1) is 0 Å². The summed E-state index contributed by atoms with van der Waals surface area (Å²) >= 11 is 0. The zero-order valence-corrected chi connectivity index (χ0v) is 12.8. The van der Waals surface area contributed by atoms with Crippen LogP contribution < -0.4 is 15.4 Å². The van der Waals surface area contributed by atoms with Gasteiger partial charge in [-0.05, 0) is 31.9 Å². The van der Waals surface area contributed by atoms with Crippen molar-refractivity contribution in [3.8, 4) is 11.9 Å². The van der Waals surface area contributed by atoms with Crippen LogP contribution in [0.4, 0.5) is 11.5 Å². The molecule has 20 heavy (non-hydrogen) atoms. The summed E-state index contributed by atoms with van der Waals surface area (Å²) in [6.07, 6.45) is 0.497. The number of rotatable bonds is 7. The standard InChI is InChI=1S/C15H24N4O/c1-11(2)10-19(9-5-8-16)14-7-6-13(17)15(18-14)20-12(3)4/h6-7,11-12H,5,9-10,17H2,1-4H3. The van der Waals surface area contributed by atoms with Crippen LogP contribution in [0.3, 0.4) is 0 Å². The molecule has 0 saturated heterocycles. The van der Waals surface area contributed by atoms with Gasteiger partial charge in [-0.1, -0.05) is 13.8 Å². The summed E-state index contributed by atoms with van der Waals surface area (Å²) in [5, 5.41) is 8.77. The number of pyridine rings is 1. The summed E-state index contributed by atoms with van der Waals surface area (Å²) in [6, 6.07) is 5.86. The van der Waals surface area contributed by atoms with Gasteiger partial charge < -0.3 is 15.4 Å². The molecule has 0 aromatic carbocycles. The first-order valence-corrected chi connectivity index (χ1v) is 6.99. The normalized spacial score (nSPS) is 10.7. The molecule has 5 nitrogen and oxygen atoms in total. The molecular weight excluding hydrogens is 252 g/mol. The van der Waals surface area contributed by atoms with Crippen molar-refractivity contribution in [2.24, 2.45) is 5.92 Å². The molecule has 0 aliphatic rings. The van der Waals surface area contributed by atoms with Gasteiger partial charge in [-0.2, -0.15) is 10.2 Å². The third-order valence-electron chi connectivity index (χ3n) is 2.63. The number of ether oxygens (including phenoxy) is 1. The monoisotopic (exact) mass is 276 g/mol. The number of nitrogens with two attached hydrogens (primary N) is 1. The first-order chi connectivity index (χ1) is 9.43. The van der Waals surface area contributed by atoms with Crippen molar-refractivity contribution < 1.29 is 4.74 Å². The average molecular weight is 276 g/mol. The molecule has 0 amide bonds. The highest BCUT2D eigenvalue weighted by Crippen LogP contribution is 2.24. The third-order valence-corrected chi connectivity index (χ3v) is 2.63. The van der Waals surface area contributed by atoms with Crippen LogP contribution in [0.5, 0.6) is 5.88 Å². The van der Waals surface area contributed by atoms with Crippen LogP contribution in [-0.4, -0.2) is 24.2 Å². The molecule has 1 aromatic rings. The van der Waals surface area contributed by atoms with Gasteiger partial charge >= 0.3 is 0 Å². The van der Waals surface area contributed by atoms with Gasteiger partial charge in [-0.3, -0.25) is 0 Å². The molecule has 0 aliphatic carbocycles. The fraction of sp³-hybridized carbons (Fsp3) is 0.600. The predicted molar refractivity (Wildman–Crippen MR) is 81.7 cm³/mol. The smallest absolute Gasteiger partial charge is 0.239 e. The minimum Gasteiger partial charge on any atom is -0.473 e. The fourth-order valence-corrected chi connectivity index (χ4v) is 1.86. The molecular formula is C15H24N4O. The fourth-order valence-electron chi connectivity index (χ4n) is 1.86. The van der Waals surface area contributed by atoms with Gasteiger partial charge in [0.05, 0.1) is 24.3 Å². The molecule has 0 unspecified atom stereocenters. The van der Waals surface area contributed by atoms with Crippen LogP contribution in [-0.2, 0) is 0 Å². The molecule has 0 radical (unpaired) electrons. The molecule has 0 atom stereocenters. The molecule has 0 spiro atoms. The van der Waals surface area contributed by atoms with Crippen LogP contribution in [0.25, 0.3) is 0 Å². The lowest BCUT2D eigenvalue weighted by molar-refractivity contribution is 0.234.